The molecule has 23 heavy (non-hydrogen) atoms. The van der Waals surface area contributed by atoms with Crippen LogP contribution in [-0.4, -0.2) is 14.3 Å². The molecule has 0 saturated carbocycles. The first kappa shape index (κ1) is 15.9. The zero-order chi connectivity index (χ0) is 16.8. The highest BCUT2D eigenvalue weighted by atomic mass is 35.5. The van der Waals surface area contributed by atoms with Crippen molar-refractivity contribution in [2.45, 2.75) is 11.3 Å². The van der Waals surface area contributed by atoms with Gasteiger partial charge in [0.2, 0.25) is 5.91 Å². The molecule has 3 rings (SSSR count). The molecule has 120 valence electrons. The first-order valence-corrected chi connectivity index (χ1v) is 8.70. The fourth-order valence-corrected chi connectivity index (χ4v) is 3.81. The minimum absolute atomic E-state index is 0.0387. The Hall–Kier alpha value is -1.96. The molecule has 2 aromatic carbocycles. The predicted octanol–water partition coefficient (Wildman–Crippen LogP) is 2.87. The summed E-state index contributed by atoms with van der Waals surface area (Å²) in [6, 6.07) is 7.17. The minimum atomic E-state index is -3.85. The number of hydrogen-bond donors (Lipinski definition) is 3. The number of nitrogens with one attached hydrogen (secondary N) is 2. The number of sulfonamides is 1. The van der Waals surface area contributed by atoms with Crippen LogP contribution in [-0.2, 0) is 21.2 Å². The number of anilines is 3. The Morgan fingerprint density at radius 1 is 1.13 bits per heavy atom. The Morgan fingerprint density at radius 3 is 2.43 bits per heavy atom. The van der Waals surface area contributed by atoms with E-state index < -0.39 is 10.0 Å². The van der Waals surface area contributed by atoms with E-state index in [0.29, 0.717) is 11.3 Å². The van der Waals surface area contributed by atoms with E-state index in [2.05, 4.69) is 10.0 Å². The molecular weight excluding hydrogens is 361 g/mol. The molecule has 1 aliphatic heterocycles. The zero-order valence-corrected chi connectivity index (χ0v) is 13.9. The van der Waals surface area contributed by atoms with Crippen molar-refractivity contribution < 1.29 is 13.2 Å². The third-order valence-electron chi connectivity index (χ3n) is 3.34. The largest absolute Gasteiger partial charge is 0.396 e. The van der Waals surface area contributed by atoms with E-state index in [9.17, 15) is 13.2 Å². The van der Waals surface area contributed by atoms with Crippen molar-refractivity contribution in [2.75, 3.05) is 15.8 Å². The summed E-state index contributed by atoms with van der Waals surface area (Å²) in [5, 5.41) is 2.95. The molecule has 2 aromatic rings. The molecule has 0 radical (unpaired) electrons. The number of nitrogen functional groups attached to an aromatic ring is 1. The first-order valence-electron chi connectivity index (χ1n) is 6.46. The molecule has 0 spiro atoms. The molecule has 0 aromatic heterocycles. The molecule has 9 heteroatoms. The highest BCUT2D eigenvalue weighted by Gasteiger charge is 2.22. The fraction of sp³-hybridized carbons (Fsp3) is 0.0714. The maximum atomic E-state index is 12.5. The number of rotatable bonds is 3. The summed E-state index contributed by atoms with van der Waals surface area (Å²) in [6.07, 6.45) is 0.151. The van der Waals surface area contributed by atoms with E-state index in [-0.39, 0.29) is 38.6 Å². The van der Waals surface area contributed by atoms with Gasteiger partial charge >= 0.3 is 0 Å². The second-order valence-corrected chi connectivity index (χ2v) is 7.50. The SMILES string of the molecule is Nc1c(Cl)cc(NS(=O)(=O)c2ccc3c(c2)CC(=O)N3)cc1Cl. The standard InChI is InChI=1S/C14H11Cl2N3O3S/c15-10-5-8(6-11(16)14(10)17)19-23(21,22)9-1-2-12-7(3-9)4-13(20)18-12/h1-3,5-6,19H,4,17H2,(H,18,20). The van der Waals surface area contributed by atoms with Gasteiger partial charge in [-0.1, -0.05) is 23.2 Å². The Balaban J connectivity index is 1.94. The van der Waals surface area contributed by atoms with Crippen LogP contribution in [0.15, 0.2) is 35.2 Å². The van der Waals surface area contributed by atoms with Gasteiger partial charge < -0.3 is 11.1 Å². The minimum Gasteiger partial charge on any atom is -0.396 e. The summed E-state index contributed by atoms with van der Waals surface area (Å²) >= 11 is 11.8. The third kappa shape index (κ3) is 3.08. The molecule has 0 fully saturated rings. The Kier molecular flexibility index (Phi) is 3.87. The number of carbonyl (C=O) groups is 1. The van der Waals surface area contributed by atoms with E-state index in [0.717, 1.165) is 0 Å². The quantitative estimate of drug-likeness (QED) is 0.721. The molecule has 0 saturated heterocycles. The second-order valence-electron chi connectivity index (χ2n) is 5.00. The lowest BCUT2D eigenvalue weighted by atomic mass is 10.2. The van der Waals surface area contributed by atoms with Crippen LogP contribution in [0.25, 0.3) is 0 Å². The molecule has 1 aliphatic rings. The predicted molar refractivity (Wildman–Crippen MR) is 90.5 cm³/mol. The summed E-state index contributed by atoms with van der Waals surface area (Å²) in [5.41, 5.74) is 7.25. The number of amides is 1. The number of nitrogens with two attached hydrogens (primary N) is 1. The molecule has 4 N–H and O–H groups in total. The summed E-state index contributed by atoms with van der Waals surface area (Å²) < 4.78 is 27.3. The molecule has 0 unspecified atom stereocenters. The van der Waals surface area contributed by atoms with Crippen LogP contribution in [0.4, 0.5) is 17.1 Å². The number of carbonyl (C=O) groups excluding carboxylic acids is 1. The van der Waals surface area contributed by atoms with Gasteiger partial charge in [0.1, 0.15) is 0 Å². The van der Waals surface area contributed by atoms with Gasteiger partial charge in [0, 0.05) is 5.69 Å². The molecule has 0 bridgehead atoms. The van der Waals surface area contributed by atoms with Gasteiger partial charge in [-0.25, -0.2) is 8.42 Å². The van der Waals surface area contributed by atoms with Crippen LogP contribution >= 0.6 is 23.2 Å². The van der Waals surface area contributed by atoms with Crippen LogP contribution < -0.4 is 15.8 Å². The van der Waals surface area contributed by atoms with E-state index in [4.69, 9.17) is 28.9 Å². The maximum Gasteiger partial charge on any atom is 0.261 e. The van der Waals surface area contributed by atoms with E-state index in [1.54, 1.807) is 6.07 Å². The lowest BCUT2D eigenvalue weighted by Gasteiger charge is -2.11. The Morgan fingerprint density at radius 2 is 1.78 bits per heavy atom. The van der Waals surface area contributed by atoms with Gasteiger partial charge in [0.05, 0.1) is 32.7 Å². The van der Waals surface area contributed by atoms with Crippen molar-refractivity contribution in [3.05, 3.63) is 45.9 Å². The van der Waals surface area contributed by atoms with Gasteiger partial charge in [0.15, 0.2) is 0 Å². The van der Waals surface area contributed by atoms with Crippen LogP contribution in [0.3, 0.4) is 0 Å². The van der Waals surface area contributed by atoms with Crippen LogP contribution in [0.2, 0.25) is 10.0 Å². The monoisotopic (exact) mass is 371 g/mol. The maximum absolute atomic E-state index is 12.5. The van der Waals surface area contributed by atoms with Gasteiger partial charge in [-0.3, -0.25) is 9.52 Å². The zero-order valence-electron chi connectivity index (χ0n) is 11.6. The van der Waals surface area contributed by atoms with Gasteiger partial charge in [-0.15, -0.1) is 0 Å². The number of fused-ring (bicyclic) bond motifs is 1. The lowest BCUT2D eigenvalue weighted by Crippen LogP contribution is -2.13. The van der Waals surface area contributed by atoms with E-state index >= 15 is 0 Å². The number of halogens is 2. The molecule has 1 amide bonds. The van der Waals surface area contributed by atoms with Gasteiger partial charge in [-0.2, -0.15) is 0 Å². The molecular formula is C14H11Cl2N3O3S. The smallest absolute Gasteiger partial charge is 0.261 e. The van der Waals surface area contributed by atoms with Crippen molar-refractivity contribution in [1.82, 2.24) is 0 Å². The molecule has 1 heterocycles. The molecule has 6 nitrogen and oxygen atoms in total. The summed E-state index contributed by atoms with van der Waals surface area (Å²) in [5.74, 6) is -0.167. The fourth-order valence-electron chi connectivity index (χ4n) is 2.23. The van der Waals surface area contributed by atoms with Crippen molar-refractivity contribution >= 4 is 56.2 Å². The first-order chi connectivity index (χ1) is 10.8. The van der Waals surface area contributed by atoms with Crippen molar-refractivity contribution in [2.24, 2.45) is 0 Å². The van der Waals surface area contributed by atoms with Crippen LogP contribution in [0.5, 0.6) is 0 Å². The summed E-state index contributed by atoms with van der Waals surface area (Å²) in [4.78, 5) is 11.4. The van der Waals surface area contributed by atoms with Crippen molar-refractivity contribution in [3.8, 4) is 0 Å². The lowest BCUT2D eigenvalue weighted by molar-refractivity contribution is -0.115. The van der Waals surface area contributed by atoms with Crippen LogP contribution in [0.1, 0.15) is 5.56 Å². The summed E-state index contributed by atoms with van der Waals surface area (Å²) in [6.45, 7) is 0. The molecule has 0 aliphatic carbocycles. The average molecular weight is 372 g/mol. The Bertz CT molecular complexity index is 906. The highest BCUT2D eigenvalue weighted by molar-refractivity contribution is 7.92. The topological polar surface area (TPSA) is 101 Å². The number of hydrogen-bond acceptors (Lipinski definition) is 4. The second kappa shape index (κ2) is 5.59. The summed E-state index contributed by atoms with van der Waals surface area (Å²) in [7, 11) is -3.85. The normalized spacial score (nSPS) is 13.6. The van der Waals surface area contributed by atoms with Crippen LogP contribution in [0, 0.1) is 0 Å². The third-order valence-corrected chi connectivity index (χ3v) is 5.35. The number of benzene rings is 2. The average Bonchev–Trinajstić information content (AvgIpc) is 2.83. The van der Waals surface area contributed by atoms with Gasteiger partial charge in [0.25, 0.3) is 10.0 Å². The molecule has 0 atom stereocenters. The van der Waals surface area contributed by atoms with E-state index in [1.165, 1.54) is 24.3 Å². The highest BCUT2D eigenvalue weighted by Crippen LogP contribution is 2.32. The van der Waals surface area contributed by atoms with Crippen molar-refractivity contribution in [3.63, 3.8) is 0 Å². The van der Waals surface area contributed by atoms with Crippen molar-refractivity contribution in [1.29, 1.82) is 0 Å². The Labute approximate surface area is 142 Å². The van der Waals surface area contributed by atoms with Gasteiger partial charge in [-0.05, 0) is 35.9 Å². The van der Waals surface area contributed by atoms with E-state index in [1.807, 2.05) is 0 Å².